The molecule has 20 heavy (non-hydrogen) atoms. The first-order valence-electron chi connectivity index (χ1n) is 5.72. The highest BCUT2D eigenvalue weighted by Gasteiger charge is 2.12. The largest absolute Gasteiger partial charge is 0.453 e. The monoisotopic (exact) mass is 275 g/mol. The van der Waals surface area contributed by atoms with Crippen molar-refractivity contribution in [2.45, 2.75) is 6.54 Å². The lowest BCUT2D eigenvalue weighted by Gasteiger charge is -2.06. The van der Waals surface area contributed by atoms with Crippen LogP contribution in [0.5, 0.6) is 0 Å². The van der Waals surface area contributed by atoms with Crippen LogP contribution in [0.15, 0.2) is 30.6 Å². The Kier molecular flexibility index (Phi) is 3.94. The van der Waals surface area contributed by atoms with E-state index in [0.29, 0.717) is 11.3 Å². The number of alkyl carbamates (subject to hydrolysis) is 1. The summed E-state index contributed by atoms with van der Waals surface area (Å²) in [5, 5.41) is 6.32. The molecule has 0 aliphatic heterocycles. The minimum Gasteiger partial charge on any atom is -0.453 e. The fourth-order valence-electron chi connectivity index (χ4n) is 1.55. The Hall–Kier alpha value is -2.90. The number of ether oxygens (including phenoxy) is 1. The molecule has 0 aliphatic rings. The van der Waals surface area contributed by atoms with E-state index in [0.717, 1.165) is 4.68 Å². The van der Waals surface area contributed by atoms with Crippen molar-refractivity contribution in [1.29, 1.82) is 0 Å². The third kappa shape index (κ3) is 2.91. The highest BCUT2D eigenvalue weighted by molar-refractivity contribution is 5.96. The van der Waals surface area contributed by atoms with Crippen LogP contribution in [0.3, 0.4) is 0 Å². The molecule has 0 fully saturated rings. The van der Waals surface area contributed by atoms with Gasteiger partial charge in [-0.05, 0) is 12.1 Å². The van der Waals surface area contributed by atoms with Gasteiger partial charge in [-0.1, -0.05) is 0 Å². The van der Waals surface area contributed by atoms with Gasteiger partial charge in [0, 0.05) is 17.8 Å². The van der Waals surface area contributed by atoms with Gasteiger partial charge >= 0.3 is 6.09 Å². The van der Waals surface area contributed by atoms with E-state index < -0.39 is 6.09 Å². The molecule has 0 spiro atoms. The number of nitrogens with zero attached hydrogens (tertiary/aromatic N) is 3. The van der Waals surface area contributed by atoms with Crippen LogP contribution in [-0.4, -0.2) is 33.9 Å². The molecule has 1 amide bonds. The standard InChI is InChI=1S/C12H13N5O3/c1-20-12(19)15-7-9-6-8(2-4-14-9)11(18)17-10(13)3-5-16-17/h2-6H,7,13H2,1H3,(H,15,19). The second-order valence-electron chi connectivity index (χ2n) is 3.85. The van der Waals surface area contributed by atoms with E-state index in [-0.39, 0.29) is 18.3 Å². The summed E-state index contributed by atoms with van der Waals surface area (Å²) in [6.45, 7) is 0.155. The topological polar surface area (TPSA) is 112 Å². The van der Waals surface area contributed by atoms with Gasteiger partial charge in [0.25, 0.3) is 5.91 Å². The number of rotatable bonds is 3. The Balaban J connectivity index is 2.15. The van der Waals surface area contributed by atoms with Crippen molar-refractivity contribution in [2.24, 2.45) is 0 Å². The van der Waals surface area contributed by atoms with Gasteiger partial charge < -0.3 is 15.8 Å². The smallest absolute Gasteiger partial charge is 0.407 e. The molecule has 0 unspecified atom stereocenters. The number of anilines is 1. The summed E-state index contributed by atoms with van der Waals surface area (Å²) in [5.74, 6) is -0.115. The van der Waals surface area contributed by atoms with Crippen molar-refractivity contribution in [3.8, 4) is 0 Å². The Morgan fingerprint density at radius 3 is 2.85 bits per heavy atom. The predicted octanol–water partition coefficient (Wildman–Crippen LogP) is 0.405. The zero-order chi connectivity index (χ0) is 14.5. The number of nitrogen functional groups attached to an aromatic ring is 1. The molecule has 0 aromatic carbocycles. The lowest BCUT2D eigenvalue weighted by molar-refractivity contribution is 0.0947. The molecule has 0 radical (unpaired) electrons. The van der Waals surface area contributed by atoms with Crippen LogP contribution in [0.2, 0.25) is 0 Å². The van der Waals surface area contributed by atoms with Gasteiger partial charge in [-0.3, -0.25) is 9.78 Å². The SMILES string of the molecule is COC(=O)NCc1cc(C(=O)n2nccc2N)ccn1. The Labute approximate surface area is 114 Å². The molecule has 2 rings (SSSR count). The van der Waals surface area contributed by atoms with Crippen molar-refractivity contribution in [3.05, 3.63) is 41.9 Å². The summed E-state index contributed by atoms with van der Waals surface area (Å²) in [7, 11) is 1.27. The maximum absolute atomic E-state index is 12.2. The fraction of sp³-hybridized carbons (Fsp3) is 0.167. The number of hydrogen-bond acceptors (Lipinski definition) is 6. The number of methoxy groups -OCH3 is 1. The third-order valence-corrected chi connectivity index (χ3v) is 2.53. The minimum absolute atomic E-state index is 0.155. The molecule has 2 heterocycles. The number of nitrogens with one attached hydrogen (secondary N) is 1. The Bertz CT molecular complexity index is 638. The van der Waals surface area contributed by atoms with Gasteiger partial charge in [0.15, 0.2) is 0 Å². The normalized spacial score (nSPS) is 10.1. The van der Waals surface area contributed by atoms with E-state index in [2.05, 4.69) is 20.1 Å². The molecule has 2 aromatic rings. The lowest BCUT2D eigenvalue weighted by atomic mass is 10.2. The van der Waals surface area contributed by atoms with E-state index >= 15 is 0 Å². The molecule has 0 aliphatic carbocycles. The number of amides is 1. The van der Waals surface area contributed by atoms with E-state index in [9.17, 15) is 9.59 Å². The number of nitrogens with two attached hydrogens (primary N) is 1. The van der Waals surface area contributed by atoms with Crippen molar-refractivity contribution < 1.29 is 14.3 Å². The van der Waals surface area contributed by atoms with Gasteiger partial charge in [-0.25, -0.2) is 4.79 Å². The molecular formula is C12H13N5O3. The van der Waals surface area contributed by atoms with Crippen LogP contribution in [0, 0.1) is 0 Å². The van der Waals surface area contributed by atoms with Gasteiger partial charge in [0.05, 0.1) is 25.5 Å². The van der Waals surface area contributed by atoms with Gasteiger partial charge in [-0.15, -0.1) is 0 Å². The van der Waals surface area contributed by atoms with E-state index in [1.54, 1.807) is 12.1 Å². The van der Waals surface area contributed by atoms with E-state index in [1.165, 1.54) is 25.6 Å². The average molecular weight is 275 g/mol. The third-order valence-electron chi connectivity index (χ3n) is 2.53. The zero-order valence-corrected chi connectivity index (χ0v) is 10.7. The highest BCUT2D eigenvalue weighted by Crippen LogP contribution is 2.08. The van der Waals surface area contributed by atoms with Gasteiger partial charge in [0.2, 0.25) is 0 Å². The average Bonchev–Trinajstić information content (AvgIpc) is 2.90. The minimum atomic E-state index is -0.570. The van der Waals surface area contributed by atoms with Gasteiger partial charge in [-0.2, -0.15) is 9.78 Å². The summed E-state index contributed by atoms with van der Waals surface area (Å²) >= 11 is 0. The molecule has 8 heteroatoms. The summed E-state index contributed by atoms with van der Waals surface area (Å²) in [6.07, 6.45) is 2.34. The number of pyridine rings is 1. The van der Waals surface area contributed by atoms with E-state index in [1.807, 2.05) is 0 Å². The molecule has 3 N–H and O–H groups in total. The molecule has 0 bridgehead atoms. The molecule has 104 valence electrons. The second kappa shape index (κ2) is 5.83. The number of hydrogen-bond donors (Lipinski definition) is 2. The number of carbonyl (C=O) groups excluding carboxylic acids is 2. The maximum atomic E-state index is 12.2. The molecule has 0 saturated carbocycles. The molecule has 8 nitrogen and oxygen atoms in total. The highest BCUT2D eigenvalue weighted by atomic mass is 16.5. The second-order valence-corrected chi connectivity index (χ2v) is 3.85. The van der Waals surface area contributed by atoms with Crippen LogP contribution in [0.1, 0.15) is 16.1 Å². The van der Waals surface area contributed by atoms with E-state index in [4.69, 9.17) is 5.73 Å². The quantitative estimate of drug-likeness (QED) is 0.838. The lowest BCUT2D eigenvalue weighted by Crippen LogP contribution is -2.23. The summed E-state index contributed by atoms with van der Waals surface area (Å²) in [6, 6.07) is 4.63. The molecule has 0 saturated heterocycles. The van der Waals surface area contributed by atoms with Crippen LogP contribution in [0.4, 0.5) is 10.6 Å². The fourth-order valence-corrected chi connectivity index (χ4v) is 1.55. The maximum Gasteiger partial charge on any atom is 0.407 e. The van der Waals surface area contributed by atoms with Crippen molar-refractivity contribution in [1.82, 2.24) is 20.1 Å². The summed E-state index contributed by atoms with van der Waals surface area (Å²) < 4.78 is 5.54. The van der Waals surface area contributed by atoms with Crippen LogP contribution in [-0.2, 0) is 11.3 Å². The van der Waals surface area contributed by atoms with Gasteiger partial charge in [0.1, 0.15) is 5.82 Å². The Morgan fingerprint density at radius 1 is 1.40 bits per heavy atom. The molecule has 2 aromatic heterocycles. The van der Waals surface area contributed by atoms with Crippen molar-refractivity contribution >= 4 is 17.8 Å². The number of carbonyl (C=O) groups is 2. The van der Waals surface area contributed by atoms with Crippen LogP contribution in [0.25, 0.3) is 0 Å². The van der Waals surface area contributed by atoms with Crippen LogP contribution < -0.4 is 11.1 Å². The zero-order valence-electron chi connectivity index (χ0n) is 10.7. The number of aromatic nitrogens is 3. The Morgan fingerprint density at radius 2 is 2.20 bits per heavy atom. The first kappa shape index (κ1) is 13.5. The first-order valence-corrected chi connectivity index (χ1v) is 5.72. The van der Waals surface area contributed by atoms with Crippen molar-refractivity contribution in [3.63, 3.8) is 0 Å². The van der Waals surface area contributed by atoms with Crippen molar-refractivity contribution in [2.75, 3.05) is 12.8 Å². The summed E-state index contributed by atoms with van der Waals surface area (Å²) in [5.41, 5.74) is 6.52. The van der Waals surface area contributed by atoms with Crippen LogP contribution >= 0.6 is 0 Å². The summed E-state index contributed by atoms with van der Waals surface area (Å²) in [4.78, 5) is 27.2. The first-order chi connectivity index (χ1) is 9.61. The molecular weight excluding hydrogens is 262 g/mol. The molecule has 0 atom stereocenters. The predicted molar refractivity (Wildman–Crippen MR) is 69.8 cm³/mol.